The highest BCUT2D eigenvalue weighted by Crippen LogP contribution is 2.42. The summed E-state index contributed by atoms with van der Waals surface area (Å²) in [5.41, 5.74) is 2.78. The molecule has 1 aliphatic carbocycles. The molecule has 2 fully saturated rings. The second-order valence-corrected chi connectivity index (χ2v) is 9.97. The predicted molar refractivity (Wildman–Crippen MR) is 130 cm³/mol. The molecule has 9 heteroatoms. The summed E-state index contributed by atoms with van der Waals surface area (Å²) >= 11 is 6.10. The summed E-state index contributed by atoms with van der Waals surface area (Å²) in [5.74, 6) is 0.979. The van der Waals surface area contributed by atoms with Crippen LogP contribution < -0.4 is 10.2 Å². The Balaban J connectivity index is 1.28. The number of halogens is 1. The molecule has 0 bridgehead atoms. The van der Waals surface area contributed by atoms with Gasteiger partial charge in [0.1, 0.15) is 12.1 Å². The number of aromatic nitrogens is 2. The number of anilines is 1. The Hall–Kier alpha value is -2.26. The van der Waals surface area contributed by atoms with Gasteiger partial charge >= 0.3 is 0 Å². The molecule has 34 heavy (non-hydrogen) atoms. The largest absolute Gasteiger partial charge is 0.387 e. The molecule has 0 saturated carbocycles. The lowest BCUT2D eigenvalue weighted by molar-refractivity contribution is -0.133. The van der Waals surface area contributed by atoms with Gasteiger partial charge in [-0.3, -0.25) is 4.79 Å². The van der Waals surface area contributed by atoms with Crippen molar-refractivity contribution in [2.45, 2.75) is 43.7 Å². The van der Waals surface area contributed by atoms with Gasteiger partial charge in [-0.1, -0.05) is 30.7 Å². The molecule has 1 aromatic carbocycles. The van der Waals surface area contributed by atoms with Crippen LogP contribution in [-0.2, 0) is 9.53 Å². The van der Waals surface area contributed by atoms with E-state index >= 15 is 0 Å². The van der Waals surface area contributed by atoms with E-state index in [2.05, 4.69) is 27.1 Å². The number of carbonyl (C=O) groups excluding carboxylic acids is 1. The molecule has 4 atom stereocenters. The van der Waals surface area contributed by atoms with Crippen LogP contribution in [0.4, 0.5) is 5.82 Å². The Bertz CT molecular complexity index is 1010. The van der Waals surface area contributed by atoms with E-state index in [1.165, 1.54) is 0 Å². The third-order valence-corrected chi connectivity index (χ3v) is 7.53. The molecule has 5 rings (SSSR count). The topological polar surface area (TPSA) is 90.8 Å². The smallest absolute Gasteiger partial charge is 0.231 e. The summed E-state index contributed by atoms with van der Waals surface area (Å²) in [7, 11) is 0. The number of aliphatic hydroxyl groups is 1. The van der Waals surface area contributed by atoms with Crippen LogP contribution in [-0.4, -0.2) is 77.9 Å². The van der Waals surface area contributed by atoms with Crippen molar-refractivity contribution in [2.24, 2.45) is 0 Å². The molecule has 1 amide bonds. The second-order valence-electron chi connectivity index (χ2n) is 9.53. The highest BCUT2D eigenvalue weighted by atomic mass is 35.5. The highest BCUT2D eigenvalue weighted by Gasteiger charge is 2.35. The van der Waals surface area contributed by atoms with Crippen LogP contribution in [0, 0.1) is 0 Å². The van der Waals surface area contributed by atoms with Gasteiger partial charge in [-0.2, -0.15) is 0 Å². The van der Waals surface area contributed by atoms with Crippen molar-refractivity contribution in [3.63, 3.8) is 0 Å². The van der Waals surface area contributed by atoms with Gasteiger partial charge in [0.25, 0.3) is 0 Å². The molecule has 2 N–H and O–H groups in total. The molecule has 8 nitrogen and oxygen atoms in total. The first kappa shape index (κ1) is 23.5. The molecule has 1 unspecified atom stereocenters. The average Bonchev–Trinajstić information content (AvgIpc) is 3.48. The van der Waals surface area contributed by atoms with E-state index in [9.17, 15) is 9.90 Å². The van der Waals surface area contributed by atoms with Crippen LogP contribution in [0.2, 0.25) is 5.02 Å². The minimum atomic E-state index is -0.521. The van der Waals surface area contributed by atoms with Gasteiger partial charge in [0.15, 0.2) is 0 Å². The zero-order valence-electron chi connectivity index (χ0n) is 19.5. The monoisotopic (exact) mass is 485 g/mol. The molecule has 2 aliphatic heterocycles. The van der Waals surface area contributed by atoms with Crippen molar-refractivity contribution in [3.8, 4) is 0 Å². The molecule has 3 heterocycles. The maximum absolute atomic E-state index is 13.7. The summed E-state index contributed by atoms with van der Waals surface area (Å²) in [5, 5.41) is 14.5. The average molecular weight is 486 g/mol. The van der Waals surface area contributed by atoms with Gasteiger partial charge in [0.05, 0.1) is 24.3 Å². The Kier molecular flexibility index (Phi) is 7.01. The lowest BCUT2D eigenvalue weighted by Gasteiger charge is -2.38. The van der Waals surface area contributed by atoms with E-state index in [-0.39, 0.29) is 23.8 Å². The molecule has 0 spiro atoms. The molecular formula is C25H32ClN5O3. The van der Waals surface area contributed by atoms with E-state index in [4.69, 9.17) is 16.3 Å². The van der Waals surface area contributed by atoms with Crippen molar-refractivity contribution >= 4 is 23.3 Å². The quantitative estimate of drug-likeness (QED) is 0.649. The summed E-state index contributed by atoms with van der Waals surface area (Å²) in [6.45, 7) is 6.81. The van der Waals surface area contributed by atoms with Crippen molar-refractivity contribution in [2.75, 3.05) is 50.8 Å². The van der Waals surface area contributed by atoms with Crippen molar-refractivity contribution in [1.82, 2.24) is 20.2 Å². The second kappa shape index (κ2) is 10.2. The lowest BCUT2D eigenvalue weighted by Crippen LogP contribution is -2.51. The standard InChI is InChI=1S/C25H32ClN5O3/c1-16-12-21(32)23-22(16)24(29-15-28-23)30-7-9-31(10-8-30)25(33)20(13-27-19-6-11-34-14-19)17-2-4-18(26)5-3-17/h2-5,15-16,19-21,27,32H,6-14H2,1H3/t16?,19-,20+,21+/m0/s1. The first-order chi connectivity index (χ1) is 16.5. The molecule has 2 aromatic rings. The Morgan fingerprint density at radius 3 is 2.71 bits per heavy atom. The van der Waals surface area contributed by atoms with Gasteiger partial charge in [-0.25, -0.2) is 9.97 Å². The van der Waals surface area contributed by atoms with Crippen molar-refractivity contribution in [3.05, 3.63) is 52.4 Å². The van der Waals surface area contributed by atoms with Gasteiger partial charge in [-0.05, 0) is 36.5 Å². The summed E-state index contributed by atoms with van der Waals surface area (Å²) in [6.07, 6.45) is 2.67. The summed E-state index contributed by atoms with van der Waals surface area (Å²) < 4.78 is 5.48. The Morgan fingerprint density at radius 1 is 1.24 bits per heavy atom. The SMILES string of the molecule is CC1C[C@@H](O)c2ncnc(N3CCN(C(=O)[C@H](CN[C@H]4CCOC4)c4ccc(Cl)cc4)CC3)c21. The summed E-state index contributed by atoms with van der Waals surface area (Å²) in [6, 6.07) is 7.88. The third-order valence-electron chi connectivity index (χ3n) is 7.28. The number of aliphatic hydroxyl groups excluding tert-OH is 1. The van der Waals surface area contributed by atoms with Gasteiger partial charge in [0.2, 0.25) is 5.91 Å². The van der Waals surface area contributed by atoms with Gasteiger partial charge < -0.3 is 25.0 Å². The zero-order valence-corrected chi connectivity index (χ0v) is 20.2. The first-order valence-corrected chi connectivity index (χ1v) is 12.5. The predicted octanol–water partition coefficient (Wildman–Crippen LogP) is 2.48. The molecule has 3 aliphatic rings. The molecular weight excluding hydrogens is 454 g/mol. The number of rotatable bonds is 6. The number of hydrogen-bond acceptors (Lipinski definition) is 7. The maximum Gasteiger partial charge on any atom is 0.231 e. The first-order valence-electron chi connectivity index (χ1n) is 12.1. The highest BCUT2D eigenvalue weighted by molar-refractivity contribution is 6.30. The minimum absolute atomic E-state index is 0.130. The lowest BCUT2D eigenvalue weighted by atomic mass is 9.96. The fourth-order valence-corrected chi connectivity index (χ4v) is 5.46. The minimum Gasteiger partial charge on any atom is -0.387 e. The number of carbonyl (C=O) groups is 1. The number of nitrogens with zero attached hydrogens (tertiary/aromatic N) is 4. The maximum atomic E-state index is 13.7. The fourth-order valence-electron chi connectivity index (χ4n) is 5.34. The van der Waals surface area contributed by atoms with E-state index < -0.39 is 6.10 Å². The number of benzene rings is 1. The number of nitrogens with one attached hydrogen (secondary N) is 1. The van der Waals surface area contributed by atoms with Crippen LogP contribution in [0.25, 0.3) is 0 Å². The van der Waals surface area contributed by atoms with Gasteiger partial charge in [-0.15, -0.1) is 0 Å². The van der Waals surface area contributed by atoms with E-state index in [1.54, 1.807) is 6.33 Å². The van der Waals surface area contributed by atoms with E-state index in [0.29, 0.717) is 50.8 Å². The van der Waals surface area contributed by atoms with Crippen LogP contribution in [0.3, 0.4) is 0 Å². The van der Waals surface area contributed by atoms with Crippen molar-refractivity contribution in [1.29, 1.82) is 0 Å². The fraction of sp³-hybridized carbons (Fsp3) is 0.560. The number of fused-ring (bicyclic) bond motifs is 1. The summed E-state index contributed by atoms with van der Waals surface area (Å²) in [4.78, 5) is 26.7. The molecule has 0 radical (unpaired) electrons. The Labute approximate surface area is 205 Å². The van der Waals surface area contributed by atoms with Crippen LogP contribution in [0.1, 0.15) is 54.5 Å². The Morgan fingerprint density at radius 2 is 2.00 bits per heavy atom. The van der Waals surface area contributed by atoms with Crippen LogP contribution in [0.5, 0.6) is 0 Å². The third kappa shape index (κ3) is 4.77. The number of ether oxygens (including phenoxy) is 1. The van der Waals surface area contributed by atoms with Crippen LogP contribution >= 0.6 is 11.6 Å². The van der Waals surface area contributed by atoms with E-state index in [1.807, 2.05) is 29.2 Å². The zero-order chi connectivity index (χ0) is 23.7. The molecule has 182 valence electrons. The number of hydrogen-bond donors (Lipinski definition) is 2. The molecule has 2 saturated heterocycles. The van der Waals surface area contributed by atoms with E-state index in [0.717, 1.165) is 35.7 Å². The molecule has 1 aromatic heterocycles. The van der Waals surface area contributed by atoms with Crippen LogP contribution in [0.15, 0.2) is 30.6 Å². The number of amides is 1. The van der Waals surface area contributed by atoms with Gasteiger partial charge in [0, 0.05) is 56.0 Å². The number of piperazine rings is 1. The normalized spacial score (nSPS) is 25.4. The van der Waals surface area contributed by atoms with Crippen molar-refractivity contribution < 1.29 is 14.6 Å².